The lowest BCUT2D eigenvalue weighted by Crippen LogP contribution is -2.40. The smallest absolute Gasteiger partial charge is 0.326 e. The largest absolute Gasteiger partial charge is 0.480 e. The summed E-state index contributed by atoms with van der Waals surface area (Å²) in [6, 6.07) is 2.92. The number of carbonyl (C=O) groups is 3. The first-order valence-corrected chi connectivity index (χ1v) is 8.59. The molecule has 140 valence electrons. The van der Waals surface area contributed by atoms with Crippen LogP contribution in [0.5, 0.6) is 0 Å². The normalized spacial score (nSPS) is 12.0. The lowest BCUT2D eigenvalue weighted by atomic mass is 10.2. The molecule has 0 bridgehead atoms. The highest BCUT2D eigenvalue weighted by atomic mass is 16.4. The molecule has 0 radical (unpaired) electrons. The van der Waals surface area contributed by atoms with Crippen LogP contribution < -0.4 is 10.6 Å². The van der Waals surface area contributed by atoms with Crippen LogP contribution in [-0.2, 0) is 9.59 Å². The van der Waals surface area contributed by atoms with E-state index in [0.717, 1.165) is 11.2 Å². The van der Waals surface area contributed by atoms with E-state index in [2.05, 4.69) is 15.6 Å². The monoisotopic (exact) mass is 360 g/mol. The van der Waals surface area contributed by atoms with Gasteiger partial charge in [0.15, 0.2) is 0 Å². The minimum Gasteiger partial charge on any atom is -0.480 e. The van der Waals surface area contributed by atoms with Crippen LogP contribution in [0.4, 0.5) is 0 Å². The van der Waals surface area contributed by atoms with E-state index in [0.29, 0.717) is 30.8 Å². The molecule has 0 aliphatic heterocycles. The van der Waals surface area contributed by atoms with Crippen molar-refractivity contribution in [1.82, 2.24) is 20.0 Å². The molecule has 3 N–H and O–H groups in total. The Morgan fingerprint density at radius 3 is 2.69 bits per heavy atom. The fourth-order valence-corrected chi connectivity index (χ4v) is 2.73. The standard InChI is InChI=1S/C18H24N4O4/c1-4-13(18(25)26)21-14(23)8-5-9-19-17(24)15-12(3)20-16-11(2)7-6-10-22(15)16/h6-7,10,13H,4-5,8-9H2,1-3H3,(H,19,24)(H,21,23)(H,25,26). The molecule has 0 saturated carbocycles. The number of rotatable bonds is 8. The second kappa shape index (κ2) is 8.46. The van der Waals surface area contributed by atoms with E-state index in [1.165, 1.54) is 0 Å². The quantitative estimate of drug-likeness (QED) is 0.617. The number of carboxylic acids is 1. The molecule has 2 aromatic rings. The fourth-order valence-electron chi connectivity index (χ4n) is 2.73. The second-order valence-corrected chi connectivity index (χ2v) is 6.16. The number of imidazole rings is 1. The van der Waals surface area contributed by atoms with Crippen molar-refractivity contribution in [2.75, 3.05) is 6.54 Å². The summed E-state index contributed by atoms with van der Waals surface area (Å²) in [5.41, 5.74) is 2.84. The number of amides is 2. The molecule has 0 aliphatic rings. The van der Waals surface area contributed by atoms with Gasteiger partial charge in [-0.05, 0) is 38.3 Å². The molecule has 8 nitrogen and oxygen atoms in total. The summed E-state index contributed by atoms with van der Waals surface area (Å²) >= 11 is 0. The first kappa shape index (κ1) is 19.4. The van der Waals surface area contributed by atoms with Crippen LogP contribution in [0.25, 0.3) is 5.65 Å². The summed E-state index contributed by atoms with van der Waals surface area (Å²) in [6.07, 6.45) is 2.68. The molecule has 2 amide bonds. The molecule has 1 atom stereocenters. The van der Waals surface area contributed by atoms with Gasteiger partial charge in [0.1, 0.15) is 17.4 Å². The van der Waals surface area contributed by atoms with Gasteiger partial charge < -0.3 is 15.7 Å². The predicted molar refractivity (Wildman–Crippen MR) is 96.1 cm³/mol. The Bertz CT molecular complexity index is 828. The van der Waals surface area contributed by atoms with Crippen LogP contribution in [0.15, 0.2) is 18.3 Å². The zero-order valence-corrected chi connectivity index (χ0v) is 15.2. The Morgan fingerprint density at radius 1 is 1.31 bits per heavy atom. The van der Waals surface area contributed by atoms with Crippen molar-refractivity contribution in [3.05, 3.63) is 35.3 Å². The van der Waals surface area contributed by atoms with Gasteiger partial charge in [0.2, 0.25) is 5.91 Å². The summed E-state index contributed by atoms with van der Waals surface area (Å²) in [6.45, 7) is 5.72. The van der Waals surface area contributed by atoms with Crippen molar-refractivity contribution >= 4 is 23.4 Å². The van der Waals surface area contributed by atoms with Crippen molar-refractivity contribution in [3.8, 4) is 0 Å². The minimum atomic E-state index is -1.05. The molecule has 0 fully saturated rings. The molecule has 0 spiro atoms. The first-order chi connectivity index (χ1) is 12.3. The van der Waals surface area contributed by atoms with Crippen molar-refractivity contribution < 1.29 is 19.5 Å². The SMILES string of the molecule is CCC(NC(=O)CCCNC(=O)c1c(C)nc2c(C)cccn12)C(=O)O. The molecule has 1 unspecified atom stereocenters. The maximum atomic E-state index is 12.5. The number of hydrogen-bond donors (Lipinski definition) is 3. The van der Waals surface area contributed by atoms with Gasteiger partial charge in [0, 0.05) is 19.2 Å². The van der Waals surface area contributed by atoms with Crippen LogP contribution in [0.2, 0.25) is 0 Å². The maximum absolute atomic E-state index is 12.5. The molecule has 2 rings (SSSR count). The van der Waals surface area contributed by atoms with E-state index in [4.69, 9.17) is 5.11 Å². The lowest BCUT2D eigenvalue weighted by molar-refractivity contribution is -0.141. The summed E-state index contributed by atoms with van der Waals surface area (Å²) in [5.74, 6) is -1.64. The molecule has 0 aromatic carbocycles. The highest BCUT2D eigenvalue weighted by molar-refractivity contribution is 5.94. The average molecular weight is 360 g/mol. The van der Waals surface area contributed by atoms with Gasteiger partial charge in [-0.2, -0.15) is 0 Å². The highest BCUT2D eigenvalue weighted by Crippen LogP contribution is 2.15. The number of hydrogen-bond acceptors (Lipinski definition) is 4. The number of nitrogens with zero attached hydrogens (tertiary/aromatic N) is 2. The van der Waals surface area contributed by atoms with Crippen LogP contribution >= 0.6 is 0 Å². The number of aryl methyl sites for hydroxylation is 2. The van der Waals surface area contributed by atoms with Gasteiger partial charge in [-0.1, -0.05) is 13.0 Å². The van der Waals surface area contributed by atoms with Gasteiger partial charge in [0.25, 0.3) is 5.91 Å². The Balaban J connectivity index is 1.88. The third kappa shape index (κ3) is 4.38. The summed E-state index contributed by atoms with van der Waals surface area (Å²) in [4.78, 5) is 39.5. The summed E-state index contributed by atoms with van der Waals surface area (Å²) in [5, 5.41) is 14.2. The van der Waals surface area contributed by atoms with Crippen molar-refractivity contribution in [2.45, 2.75) is 46.1 Å². The molecule has 2 heterocycles. The molecular weight excluding hydrogens is 336 g/mol. The number of pyridine rings is 1. The summed E-state index contributed by atoms with van der Waals surface area (Å²) < 4.78 is 1.76. The first-order valence-electron chi connectivity index (χ1n) is 8.59. The fraction of sp³-hybridized carbons (Fsp3) is 0.444. The van der Waals surface area contributed by atoms with E-state index in [-0.39, 0.29) is 18.2 Å². The van der Waals surface area contributed by atoms with Gasteiger partial charge in [-0.15, -0.1) is 0 Å². The zero-order chi connectivity index (χ0) is 19.3. The maximum Gasteiger partial charge on any atom is 0.326 e. The van der Waals surface area contributed by atoms with Crippen molar-refractivity contribution in [2.24, 2.45) is 0 Å². The predicted octanol–water partition coefficient (Wildman–Crippen LogP) is 1.44. The molecule has 0 saturated heterocycles. The third-order valence-electron chi connectivity index (χ3n) is 4.14. The average Bonchev–Trinajstić information content (AvgIpc) is 2.93. The van der Waals surface area contributed by atoms with Gasteiger partial charge in [-0.3, -0.25) is 14.0 Å². The Labute approximate surface area is 151 Å². The van der Waals surface area contributed by atoms with Crippen molar-refractivity contribution in [3.63, 3.8) is 0 Å². The van der Waals surface area contributed by atoms with E-state index < -0.39 is 12.0 Å². The Hall–Kier alpha value is -2.90. The number of nitrogens with one attached hydrogen (secondary N) is 2. The number of carboxylic acid groups (broad SMARTS) is 1. The second-order valence-electron chi connectivity index (χ2n) is 6.16. The van der Waals surface area contributed by atoms with E-state index >= 15 is 0 Å². The van der Waals surface area contributed by atoms with Gasteiger partial charge in [-0.25, -0.2) is 9.78 Å². The van der Waals surface area contributed by atoms with E-state index in [1.807, 2.05) is 19.1 Å². The van der Waals surface area contributed by atoms with Crippen molar-refractivity contribution in [1.29, 1.82) is 0 Å². The number of aromatic nitrogens is 2. The van der Waals surface area contributed by atoms with E-state index in [9.17, 15) is 14.4 Å². The molecular formula is C18H24N4O4. The van der Waals surface area contributed by atoms with E-state index in [1.54, 1.807) is 24.4 Å². The van der Waals surface area contributed by atoms with Gasteiger partial charge >= 0.3 is 5.97 Å². The van der Waals surface area contributed by atoms with Crippen LogP contribution in [0.1, 0.15) is 47.9 Å². The highest BCUT2D eigenvalue weighted by Gasteiger charge is 2.18. The number of aliphatic carboxylic acids is 1. The molecule has 26 heavy (non-hydrogen) atoms. The topological polar surface area (TPSA) is 113 Å². The molecule has 0 aliphatic carbocycles. The zero-order valence-electron chi connectivity index (χ0n) is 15.2. The Kier molecular flexibility index (Phi) is 6.32. The lowest BCUT2D eigenvalue weighted by Gasteiger charge is -2.12. The Morgan fingerprint density at radius 2 is 2.04 bits per heavy atom. The van der Waals surface area contributed by atoms with Crippen LogP contribution in [0, 0.1) is 13.8 Å². The van der Waals surface area contributed by atoms with Crippen LogP contribution in [0.3, 0.4) is 0 Å². The van der Waals surface area contributed by atoms with Crippen LogP contribution in [-0.4, -0.2) is 44.9 Å². The number of carbonyl (C=O) groups excluding carboxylic acids is 2. The minimum absolute atomic E-state index is 0.148. The number of fused-ring (bicyclic) bond motifs is 1. The molecule has 2 aromatic heterocycles. The van der Waals surface area contributed by atoms with Gasteiger partial charge in [0.05, 0.1) is 5.69 Å². The summed E-state index contributed by atoms with van der Waals surface area (Å²) in [7, 11) is 0. The third-order valence-corrected chi connectivity index (χ3v) is 4.14. The molecule has 8 heteroatoms.